The molecule has 0 unspecified atom stereocenters. The van der Waals surface area contributed by atoms with Gasteiger partial charge in [-0.3, -0.25) is 0 Å². The van der Waals surface area contributed by atoms with Crippen LogP contribution >= 0.6 is 0 Å². The van der Waals surface area contributed by atoms with Crippen LogP contribution in [0.4, 0.5) is 5.82 Å². The average Bonchev–Trinajstić information content (AvgIpc) is 2.38. The molecule has 1 aromatic carbocycles. The third-order valence-electron chi connectivity index (χ3n) is 2.76. The number of aromatic nitrogens is 1. The minimum atomic E-state index is -0.429. The molecule has 0 spiro atoms. The highest BCUT2D eigenvalue weighted by atomic mass is 16.5. The zero-order valence-electron chi connectivity index (χ0n) is 10.8. The molecule has 0 saturated heterocycles. The van der Waals surface area contributed by atoms with E-state index in [2.05, 4.69) is 16.2 Å². The van der Waals surface area contributed by atoms with Gasteiger partial charge in [0.2, 0.25) is 0 Å². The van der Waals surface area contributed by atoms with Gasteiger partial charge >= 0.3 is 0 Å². The fraction of sp³-hybridized carbons (Fsp3) is 0.267. The summed E-state index contributed by atoms with van der Waals surface area (Å²) < 4.78 is 5.21. The van der Waals surface area contributed by atoms with Crippen molar-refractivity contribution in [2.45, 2.75) is 19.4 Å². The Morgan fingerprint density at radius 3 is 2.78 bits per heavy atom. The topological polar surface area (TPSA) is 34.2 Å². The highest BCUT2D eigenvalue weighted by molar-refractivity contribution is 5.92. The van der Waals surface area contributed by atoms with Crippen molar-refractivity contribution in [2.24, 2.45) is 0 Å². The third kappa shape index (κ3) is 2.38. The first-order chi connectivity index (χ1) is 8.55. The van der Waals surface area contributed by atoms with E-state index >= 15 is 0 Å². The molecule has 1 aromatic heterocycles. The molecule has 2 aromatic rings. The molecule has 0 saturated carbocycles. The van der Waals surface area contributed by atoms with Gasteiger partial charge in [-0.25, -0.2) is 4.98 Å². The Hall–Kier alpha value is -2.21. The van der Waals surface area contributed by atoms with Crippen LogP contribution in [0.3, 0.4) is 0 Å². The average molecular weight is 240 g/mol. The number of pyridine rings is 1. The predicted molar refractivity (Wildman–Crippen MR) is 74.8 cm³/mol. The van der Waals surface area contributed by atoms with Crippen LogP contribution in [0.5, 0.6) is 5.75 Å². The number of fused-ring (bicyclic) bond motifs is 1. The van der Waals surface area contributed by atoms with E-state index in [0.29, 0.717) is 0 Å². The zero-order chi connectivity index (χ0) is 13.2. The van der Waals surface area contributed by atoms with Gasteiger partial charge in [-0.2, -0.15) is 0 Å². The smallest absolute Gasteiger partial charge is 0.134 e. The van der Waals surface area contributed by atoms with Crippen molar-refractivity contribution in [3.8, 4) is 18.1 Å². The van der Waals surface area contributed by atoms with Crippen LogP contribution in [0, 0.1) is 12.3 Å². The quantitative estimate of drug-likeness (QED) is 0.837. The van der Waals surface area contributed by atoms with Gasteiger partial charge in [-0.05, 0) is 43.5 Å². The first kappa shape index (κ1) is 12.3. The number of nitrogens with one attached hydrogen (secondary N) is 1. The van der Waals surface area contributed by atoms with Crippen molar-refractivity contribution in [1.29, 1.82) is 0 Å². The molecule has 0 bridgehead atoms. The second kappa shape index (κ2) is 4.58. The van der Waals surface area contributed by atoms with Crippen LogP contribution in [0.25, 0.3) is 10.8 Å². The van der Waals surface area contributed by atoms with Crippen molar-refractivity contribution in [3.63, 3.8) is 0 Å². The fourth-order valence-corrected chi connectivity index (χ4v) is 1.71. The SMILES string of the molecule is C#CC(C)(C)Nc1nccc2cc(OC)ccc12. The van der Waals surface area contributed by atoms with Gasteiger partial charge in [-0.1, -0.05) is 5.92 Å². The molecule has 92 valence electrons. The summed E-state index contributed by atoms with van der Waals surface area (Å²) in [5.74, 6) is 4.32. The molecular formula is C15H16N2O. The molecule has 0 fully saturated rings. The zero-order valence-corrected chi connectivity index (χ0v) is 10.8. The summed E-state index contributed by atoms with van der Waals surface area (Å²) >= 11 is 0. The summed E-state index contributed by atoms with van der Waals surface area (Å²) in [6.07, 6.45) is 7.24. The van der Waals surface area contributed by atoms with Crippen LogP contribution in [-0.2, 0) is 0 Å². The maximum atomic E-state index is 5.48. The summed E-state index contributed by atoms with van der Waals surface area (Å²) in [4.78, 5) is 4.35. The lowest BCUT2D eigenvalue weighted by atomic mass is 10.1. The minimum absolute atomic E-state index is 0.429. The van der Waals surface area contributed by atoms with Gasteiger partial charge in [0.25, 0.3) is 0 Å². The number of nitrogens with zero attached hydrogens (tertiary/aromatic N) is 1. The van der Waals surface area contributed by atoms with E-state index in [0.717, 1.165) is 22.3 Å². The van der Waals surface area contributed by atoms with Crippen molar-refractivity contribution in [2.75, 3.05) is 12.4 Å². The second-order valence-corrected chi connectivity index (χ2v) is 4.64. The van der Waals surface area contributed by atoms with Crippen molar-refractivity contribution in [1.82, 2.24) is 4.98 Å². The van der Waals surface area contributed by atoms with Gasteiger partial charge in [0.15, 0.2) is 0 Å². The lowest BCUT2D eigenvalue weighted by molar-refractivity contribution is 0.415. The van der Waals surface area contributed by atoms with Crippen LogP contribution in [0.15, 0.2) is 30.5 Å². The van der Waals surface area contributed by atoms with E-state index < -0.39 is 5.54 Å². The molecule has 0 radical (unpaired) electrons. The maximum absolute atomic E-state index is 5.48. The van der Waals surface area contributed by atoms with E-state index in [1.54, 1.807) is 13.3 Å². The standard InChI is InChI=1S/C15H16N2O/c1-5-15(2,3)17-14-13-7-6-12(18-4)10-11(13)8-9-16-14/h1,6-10H,2-4H3,(H,16,17). The molecule has 0 aliphatic heterocycles. The van der Waals surface area contributed by atoms with Crippen molar-refractivity contribution >= 4 is 16.6 Å². The molecule has 0 amide bonds. The Morgan fingerprint density at radius 1 is 1.33 bits per heavy atom. The Morgan fingerprint density at radius 2 is 2.11 bits per heavy atom. The molecule has 1 N–H and O–H groups in total. The Bertz CT molecular complexity index is 611. The number of anilines is 1. The lowest BCUT2D eigenvalue weighted by Crippen LogP contribution is -2.29. The largest absolute Gasteiger partial charge is 0.497 e. The molecule has 1 heterocycles. The van der Waals surface area contributed by atoms with Crippen LogP contribution < -0.4 is 10.1 Å². The minimum Gasteiger partial charge on any atom is -0.497 e. The van der Waals surface area contributed by atoms with E-state index in [1.165, 1.54) is 0 Å². The van der Waals surface area contributed by atoms with Crippen LogP contribution in [0.2, 0.25) is 0 Å². The first-order valence-corrected chi connectivity index (χ1v) is 5.74. The highest BCUT2D eigenvalue weighted by Crippen LogP contribution is 2.26. The maximum Gasteiger partial charge on any atom is 0.134 e. The van der Waals surface area contributed by atoms with E-state index in [4.69, 9.17) is 11.2 Å². The summed E-state index contributed by atoms with van der Waals surface area (Å²) in [6, 6.07) is 7.82. The summed E-state index contributed by atoms with van der Waals surface area (Å²) in [7, 11) is 1.66. The van der Waals surface area contributed by atoms with E-state index in [-0.39, 0.29) is 0 Å². The normalized spacial score (nSPS) is 11.0. The number of terminal acetylenes is 1. The second-order valence-electron chi connectivity index (χ2n) is 4.64. The summed E-state index contributed by atoms with van der Waals surface area (Å²) in [5, 5.41) is 5.36. The monoisotopic (exact) mass is 240 g/mol. The van der Waals surface area contributed by atoms with Crippen molar-refractivity contribution in [3.05, 3.63) is 30.5 Å². The Labute approximate surface area is 107 Å². The Kier molecular flexibility index (Phi) is 3.12. The Balaban J connectivity index is 2.50. The predicted octanol–water partition coefficient (Wildman–Crippen LogP) is 3.07. The van der Waals surface area contributed by atoms with Gasteiger partial charge in [0, 0.05) is 11.6 Å². The first-order valence-electron chi connectivity index (χ1n) is 5.74. The number of ether oxygens (including phenoxy) is 1. The molecule has 18 heavy (non-hydrogen) atoms. The number of rotatable bonds is 3. The fourth-order valence-electron chi connectivity index (χ4n) is 1.71. The summed E-state index contributed by atoms with van der Waals surface area (Å²) in [5.41, 5.74) is -0.429. The van der Waals surface area contributed by atoms with Crippen molar-refractivity contribution < 1.29 is 4.74 Å². The highest BCUT2D eigenvalue weighted by Gasteiger charge is 2.15. The third-order valence-corrected chi connectivity index (χ3v) is 2.76. The molecular weight excluding hydrogens is 224 g/mol. The number of benzene rings is 1. The molecule has 0 aliphatic carbocycles. The van der Waals surface area contributed by atoms with E-state index in [1.807, 2.05) is 38.1 Å². The summed E-state index contributed by atoms with van der Waals surface area (Å²) in [6.45, 7) is 3.88. The molecule has 2 rings (SSSR count). The molecule has 3 nitrogen and oxygen atoms in total. The molecule has 0 atom stereocenters. The van der Waals surface area contributed by atoms with Crippen LogP contribution in [-0.4, -0.2) is 17.6 Å². The van der Waals surface area contributed by atoms with E-state index in [9.17, 15) is 0 Å². The van der Waals surface area contributed by atoms with Gasteiger partial charge in [0.05, 0.1) is 12.6 Å². The number of methoxy groups -OCH3 is 1. The van der Waals surface area contributed by atoms with Gasteiger partial charge in [-0.15, -0.1) is 6.42 Å². The number of hydrogen-bond donors (Lipinski definition) is 1. The van der Waals surface area contributed by atoms with Crippen LogP contribution in [0.1, 0.15) is 13.8 Å². The molecule has 0 aliphatic rings. The number of hydrogen-bond acceptors (Lipinski definition) is 3. The molecule has 3 heteroatoms. The lowest BCUT2D eigenvalue weighted by Gasteiger charge is -2.21. The van der Waals surface area contributed by atoms with Gasteiger partial charge < -0.3 is 10.1 Å². The van der Waals surface area contributed by atoms with Gasteiger partial charge in [0.1, 0.15) is 11.6 Å².